The van der Waals surface area contributed by atoms with Crippen LogP contribution in [0.3, 0.4) is 0 Å². The van der Waals surface area contributed by atoms with Crippen molar-refractivity contribution in [1.82, 2.24) is 0 Å². The summed E-state index contributed by atoms with van der Waals surface area (Å²) in [5.74, 6) is 0.755. The van der Waals surface area contributed by atoms with E-state index in [1.165, 1.54) is 12.8 Å². The van der Waals surface area contributed by atoms with Crippen molar-refractivity contribution in [2.24, 2.45) is 5.41 Å². The van der Waals surface area contributed by atoms with E-state index in [0.717, 1.165) is 30.6 Å². The number of benzene rings is 1. The second-order valence-electron chi connectivity index (χ2n) is 5.73. The second-order valence-corrected chi connectivity index (χ2v) is 6.14. The first-order valence-corrected chi connectivity index (χ1v) is 7.10. The van der Waals surface area contributed by atoms with Crippen molar-refractivity contribution in [2.45, 2.75) is 51.2 Å². The molecule has 0 heterocycles. The SMILES string of the molecule is Cc1ccc(OC2CC(O)C23CCCC3)c(Cl)c1. The molecule has 2 saturated carbocycles. The molecule has 1 aromatic rings. The molecule has 0 radical (unpaired) electrons. The average molecular weight is 267 g/mol. The normalized spacial score (nSPS) is 29.3. The fourth-order valence-corrected chi connectivity index (χ4v) is 3.71. The van der Waals surface area contributed by atoms with E-state index >= 15 is 0 Å². The number of aryl methyl sites for hydroxylation is 1. The summed E-state index contributed by atoms with van der Waals surface area (Å²) in [7, 11) is 0. The molecule has 0 saturated heterocycles. The molecule has 18 heavy (non-hydrogen) atoms. The smallest absolute Gasteiger partial charge is 0.138 e. The van der Waals surface area contributed by atoms with Gasteiger partial charge < -0.3 is 9.84 Å². The van der Waals surface area contributed by atoms with E-state index < -0.39 is 0 Å². The van der Waals surface area contributed by atoms with Crippen LogP contribution in [-0.2, 0) is 0 Å². The maximum atomic E-state index is 10.0. The molecule has 2 aliphatic carbocycles. The highest BCUT2D eigenvalue weighted by Crippen LogP contribution is 2.54. The Morgan fingerprint density at radius 1 is 1.33 bits per heavy atom. The molecular weight excluding hydrogens is 248 g/mol. The Kier molecular flexibility index (Phi) is 3.03. The maximum absolute atomic E-state index is 10.0. The topological polar surface area (TPSA) is 29.5 Å². The molecule has 0 aliphatic heterocycles. The van der Waals surface area contributed by atoms with Crippen molar-refractivity contribution in [2.75, 3.05) is 0 Å². The van der Waals surface area contributed by atoms with E-state index in [-0.39, 0.29) is 17.6 Å². The van der Waals surface area contributed by atoms with Gasteiger partial charge in [-0.25, -0.2) is 0 Å². The summed E-state index contributed by atoms with van der Waals surface area (Å²) in [5.41, 5.74) is 1.14. The Morgan fingerprint density at radius 2 is 2.06 bits per heavy atom. The van der Waals surface area contributed by atoms with E-state index in [9.17, 15) is 5.11 Å². The van der Waals surface area contributed by atoms with Gasteiger partial charge in [-0.1, -0.05) is 30.5 Å². The standard InChI is InChI=1S/C15H19ClO2/c1-10-4-5-12(11(16)8-10)18-14-9-13(17)15(14)6-2-3-7-15/h4-5,8,13-14,17H,2-3,6-7,9H2,1H3. The fourth-order valence-electron chi connectivity index (χ4n) is 3.43. The van der Waals surface area contributed by atoms with Gasteiger partial charge in [-0.3, -0.25) is 0 Å². The van der Waals surface area contributed by atoms with Crippen molar-refractivity contribution in [3.8, 4) is 5.75 Å². The largest absolute Gasteiger partial charge is 0.488 e. The molecule has 0 amide bonds. The third kappa shape index (κ3) is 1.83. The summed E-state index contributed by atoms with van der Waals surface area (Å²) in [6.07, 6.45) is 5.27. The van der Waals surface area contributed by atoms with Crippen LogP contribution in [0.2, 0.25) is 5.02 Å². The Morgan fingerprint density at radius 3 is 2.67 bits per heavy atom. The van der Waals surface area contributed by atoms with E-state index in [1.54, 1.807) is 0 Å². The van der Waals surface area contributed by atoms with Crippen molar-refractivity contribution in [3.63, 3.8) is 0 Å². The van der Waals surface area contributed by atoms with Gasteiger partial charge in [-0.05, 0) is 37.5 Å². The third-order valence-electron chi connectivity index (χ3n) is 4.63. The quantitative estimate of drug-likeness (QED) is 0.884. The second kappa shape index (κ2) is 4.43. The Balaban J connectivity index is 1.77. The van der Waals surface area contributed by atoms with Gasteiger partial charge in [0.25, 0.3) is 0 Å². The van der Waals surface area contributed by atoms with Crippen LogP contribution >= 0.6 is 11.6 Å². The summed E-state index contributed by atoms with van der Waals surface area (Å²) in [6, 6.07) is 5.87. The van der Waals surface area contributed by atoms with Crippen molar-refractivity contribution >= 4 is 11.6 Å². The molecule has 1 aromatic carbocycles. The number of hydrogen-bond acceptors (Lipinski definition) is 2. The number of aliphatic hydroxyl groups excluding tert-OH is 1. The highest BCUT2D eigenvalue weighted by Gasteiger charge is 2.57. The van der Waals surface area contributed by atoms with Crippen LogP contribution in [0.25, 0.3) is 0 Å². The van der Waals surface area contributed by atoms with Gasteiger partial charge >= 0.3 is 0 Å². The highest BCUT2D eigenvalue weighted by molar-refractivity contribution is 6.32. The fraction of sp³-hybridized carbons (Fsp3) is 0.600. The van der Waals surface area contributed by atoms with Gasteiger partial charge in [-0.15, -0.1) is 0 Å². The highest BCUT2D eigenvalue weighted by atomic mass is 35.5. The molecule has 2 nitrogen and oxygen atoms in total. The Hall–Kier alpha value is -0.730. The van der Waals surface area contributed by atoms with E-state index in [2.05, 4.69) is 0 Å². The van der Waals surface area contributed by atoms with Gasteiger partial charge in [0.15, 0.2) is 0 Å². The summed E-state index contributed by atoms with van der Waals surface area (Å²) in [4.78, 5) is 0. The lowest BCUT2D eigenvalue weighted by atomic mass is 9.62. The monoisotopic (exact) mass is 266 g/mol. The third-order valence-corrected chi connectivity index (χ3v) is 4.93. The number of ether oxygens (including phenoxy) is 1. The molecule has 3 rings (SSSR count). The molecule has 3 heteroatoms. The van der Waals surface area contributed by atoms with Gasteiger partial charge in [-0.2, -0.15) is 0 Å². The first kappa shape index (κ1) is 12.3. The average Bonchev–Trinajstić information content (AvgIpc) is 2.83. The zero-order valence-corrected chi connectivity index (χ0v) is 11.4. The summed E-state index contributed by atoms with van der Waals surface area (Å²) >= 11 is 6.20. The van der Waals surface area contributed by atoms with E-state index in [1.807, 2.05) is 25.1 Å². The van der Waals surface area contributed by atoms with Gasteiger partial charge in [0.1, 0.15) is 11.9 Å². The number of hydrogen-bond donors (Lipinski definition) is 1. The predicted molar refractivity (Wildman–Crippen MR) is 72.1 cm³/mol. The number of halogens is 1. The molecule has 0 bridgehead atoms. The maximum Gasteiger partial charge on any atom is 0.138 e. The molecule has 1 spiro atoms. The minimum Gasteiger partial charge on any atom is -0.488 e. The van der Waals surface area contributed by atoms with Crippen molar-refractivity contribution in [3.05, 3.63) is 28.8 Å². The summed E-state index contributed by atoms with van der Waals surface area (Å²) < 4.78 is 6.05. The lowest BCUT2D eigenvalue weighted by Crippen LogP contribution is -2.58. The Bertz CT molecular complexity index is 452. The van der Waals surface area contributed by atoms with Crippen molar-refractivity contribution < 1.29 is 9.84 Å². The lowest BCUT2D eigenvalue weighted by molar-refractivity contribution is -0.151. The number of rotatable bonds is 2. The zero-order valence-electron chi connectivity index (χ0n) is 10.7. The Labute approximate surface area is 113 Å². The van der Waals surface area contributed by atoms with Crippen LogP contribution in [0.15, 0.2) is 18.2 Å². The van der Waals surface area contributed by atoms with Crippen LogP contribution in [0, 0.1) is 12.3 Å². The summed E-state index contributed by atoms with van der Waals surface area (Å²) in [5, 5.41) is 10.7. The van der Waals surface area contributed by atoms with Gasteiger partial charge in [0.05, 0.1) is 11.1 Å². The first-order chi connectivity index (χ1) is 8.62. The first-order valence-electron chi connectivity index (χ1n) is 6.73. The molecule has 1 N–H and O–H groups in total. The van der Waals surface area contributed by atoms with Crippen LogP contribution in [-0.4, -0.2) is 17.3 Å². The van der Waals surface area contributed by atoms with Crippen LogP contribution < -0.4 is 4.74 Å². The van der Waals surface area contributed by atoms with Gasteiger partial charge in [0, 0.05) is 11.8 Å². The van der Waals surface area contributed by atoms with Crippen LogP contribution in [0.5, 0.6) is 5.75 Å². The molecule has 98 valence electrons. The molecule has 2 fully saturated rings. The minimum absolute atomic E-state index is 0.00815. The van der Waals surface area contributed by atoms with Crippen molar-refractivity contribution in [1.29, 1.82) is 0 Å². The zero-order chi connectivity index (χ0) is 12.8. The predicted octanol–water partition coefficient (Wildman–Crippen LogP) is 3.72. The van der Waals surface area contributed by atoms with Gasteiger partial charge in [0.2, 0.25) is 0 Å². The minimum atomic E-state index is -0.186. The van der Waals surface area contributed by atoms with Crippen LogP contribution in [0.1, 0.15) is 37.7 Å². The lowest BCUT2D eigenvalue weighted by Gasteiger charge is -2.51. The molecule has 2 aliphatic rings. The molecule has 2 unspecified atom stereocenters. The molecule has 0 aromatic heterocycles. The molecular formula is C15H19ClO2. The number of aliphatic hydroxyl groups is 1. The molecule has 2 atom stereocenters. The summed E-state index contributed by atoms with van der Waals surface area (Å²) in [6.45, 7) is 2.02. The van der Waals surface area contributed by atoms with E-state index in [4.69, 9.17) is 16.3 Å². The van der Waals surface area contributed by atoms with Crippen LogP contribution in [0.4, 0.5) is 0 Å². The van der Waals surface area contributed by atoms with E-state index in [0.29, 0.717) is 5.02 Å².